The molecule has 162 valence electrons. The molecule has 0 unspecified atom stereocenters. The smallest absolute Gasteiger partial charge is 0.306 e. The zero-order valence-corrected chi connectivity index (χ0v) is 18.1. The van der Waals surface area contributed by atoms with Crippen LogP contribution in [0.4, 0.5) is 0 Å². The normalized spacial score (nSPS) is 18.5. The van der Waals surface area contributed by atoms with Gasteiger partial charge in [0.25, 0.3) is 0 Å². The Hall–Kier alpha value is -3.39. The lowest BCUT2D eigenvalue weighted by molar-refractivity contribution is -0.143. The zero-order chi connectivity index (χ0) is 22.1. The van der Waals surface area contributed by atoms with E-state index in [0.29, 0.717) is 18.7 Å². The van der Waals surface area contributed by atoms with Gasteiger partial charge in [0.05, 0.1) is 22.6 Å². The largest absolute Gasteiger partial charge is 0.481 e. The number of nitrogens with one attached hydrogen (secondary N) is 1. The maximum absolute atomic E-state index is 11.1. The Balaban J connectivity index is 1.25. The first kappa shape index (κ1) is 20.5. The number of hydrogen-bond acceptors (Lipinski definition) is 6. The average molecular weight is 447 g/mol. The fourth-order valence-electron chi connectivity index (χ4n) is 4.04. The van der Waals surface area contributed by atoms with Gasteiger partial charge >= 0.3 is 5.97 Å². The lowest BCUT2D eigenvalue weighted by Gasteiger charge is -2.26. The first-order valence-electron chi connectivity index (χ1n) is 10.6. The molecular formula is C24H22N4O3S. The molecule has 3 aromatic heterocycles. The van der Waals surface area contributed by atoms with Gasteiger partial charge in [0.15, 0.2) is 0 Å². The van der Waals surface area contributed by atoms with Crippen LogP contribution in [0.5, 0.6) is 5.88 Å². The van der Waals surface area contributed by atoms with E-state index in [1.807, 2.05) is 42.5 Å². The van der Waals surface area contributed by atoms with Gasteiger partial charge in [-0.15, -0.1) is 12.6 Å². The van der Waals surface area contributed by atoms with E-state index < -0.39 is 5.97 Å². The number of hydrogen-bond donors (Lipinski definition) is 3. The van der Waals surface area contributed by atoms with Crippen molar-refractivity contribution >= 4 is 29.6 Å². The van der Waals surface area contributed by atoms with Gasteiger partial charge < -0.3 is 14.8 Å². The Kier molecular flexibility index (Phi) is 5.53. The topological polar surface area (TPSA) is 101 Å². The van der Waals surface area contributed by atoms with Crippen LogP contribution in [0.3, 0.4) is 0 Å². The van der Waals surface area contributed by atoms with Crippen molar-refractivity contribution in [3.63, 3.8) is 0 Å². The van der Waals surface area contributed by atoms with Gasteiger partial charge in [0, 0.05) is 34.5 Å². The molecule has 1 saturated carbocycles. The second-order valence-corrected chi connectivity index (χ2v) is 8.55. The highest BCUT2D eigenvalue weighted by Gasteiger charge is 2.27. The van der Waals surface area contributed by atoms with Crippen LogP contribution in [-0.2, 0) is 4.79 Å². The summed E-state index contributed by atoms with van der Waals surface area (Å²) in [5.41, 5.74) is 4.42. The van der Waals surface area contributed by atoms with Crippen molar-refractivity contribution in [2.24, 2.45) is 5.92 Å². The molecule has 32 heavy (non-hydrogen) atoms. The number of aromatic nitrogens is 4. The number of aliphatic carboxylic acids is 1. The highest BCUT2D eigenvalue weighted by molar-refractivity contribution is 7.80. The number of H-pyrrole nitrogens is 1. The van der Waals surface area contributed by atoms with Crippen LogP contribution >= 0.6 is 12.6 Å². The second-order valence-electron chi connectivity index (χ2n) is 8.03. The fraction of sp³-hybridized carbons (Fsp3) is 0.250. The van der Waals surface area contributed by atoms with Gasteiger partial charge in [-0.2, -0.15) is 0 Å². The number of nitrogens with zero attached hydrogens (tertiary/aromatic N) is 3. The number of fused-ring (bicyclic) bond motifs is 1. The maximum atomic E-state index is 11.1. The second kappa shape index (κ2) is 8.63. The number of ether oxygens (including phenoxy) is 1. The summed E-state index contributed by atoms with van der Waals surface area (Å²) < 4.78 is 5.95. The monoisotopic (exact) mass is 446 g/mol. The summed E-state index contributed by atoms with van der Waals surface area (Å²) in [5, 5.41) is 9.11. The molecule has 0 aliphatic heterocycles. The molecule has 0 amide bonds. The van der Waals surface area contributed by atoms with E-state index in [2.05, 4.69) is 32.6 Å². The molecule has 5 rings (SSSR count). The third kappa shape index (κ3) is 4.31. The lowest BCUT2D eigenvalue weighted by atomic mass is 9.87. The van der Waals surface area contributed by atoms with Crippen LogP contribution < -0.4 is 4.74 Å². The molecule has 1 fully saturated rings. The van der Waals surface area contributed by atoms with Crippen molar-refractivity contribution in [3.8, 4) is 28.5 Å². The number of carboxylic acid groups (broad SMARTS) is 1. The minimum Gasteiger partial charge on any atom is -0.481 e. The SMILES string of the molecule is O=C(O)C1CCC(Oc2ccc(-c3ccc(-c4nc5ccc(S)cc5[nH]4)cn3)cn2)CC1. The standard InChI is InChI=1S/C24H22N4O3S/c29-24(30)14-1-5-17(6-2-14)31-22-10-4-15(12-26-22)19-8-3-16(13-25-19)23-27-20-9-7-18(32)11-21(20)28-23/h3-4,7-14,17,32H,1-2,5-6H2,(H,27,28)(H,29,30). The Morgan fingerprint density at radius 1 is 1.00 bits per heavy atom. The van der Waals surface area contributed by atoms with Crippen molar-refractivity contribution in [3.05, 3.63) is 54.9 Å². The summed E-state index contributed by atoms with van der Waals surface area (Å²) in [5.74, 6) is 0.350. The minimum absolute atomic E-state index is 0.0174. The van der Waals surface area contributed by atoms with Crippen molar-refractivity contribution in [1.29, 1.82) is 0 Å². The molecule has 4 aromatic rings. The highest BCUT2D eigenvalue weighted by atomic mass is 32.1. The summed E-state index contributed by atoms with van der Waals surface area (Å²) in [7, 11) is 0. The number of benzene rings is 1. The Morgan fingerprint density at radius 2 is 1.78 bits per heavy atom. The van der Waals surface area contributed by atoms with Crippen LogP contribution in [0.15, 0.2) is 59.8 Å². The van der Waals surface area contributed by atoms with Crippen LogP contribution in [0.2, 0.25) is 0 Å². The molecule has 0 saturated heterocycles. The molecule has 1 aromatic carbocycles. The number of pyridine rings is 2. The summed E-state index contributed by atoms with van der Waals surface area (Å²) in [6.07, 6.45) is 6.32. The number of carboxylic acids is 1. The van der Waals surface area contributed by atoms with Crippen LogP contribution in [-0.4, -0.2) is 37.1 Å². The van der Waals surface area contributed by atoms with Crippen molar-refractivity contribution in [1.82, 2.24) is 19.9 Å². The molecule has 8 heteroatoms. The molecule has 2 N–H and O–H groups in total. The maximum Gasteiger partial charge on any atom is 0.306 e. The Morgan fingerprint density at radius 3 is 2.47 bits per heavy atom. The van der Waals surface area contributed by atoms with E-state index in [0.717, 1.165) is 51.4 Å². The molecule has 7 nitrogen and oxygen atoms in total. The van der Waals surface area contributed by atoms with E-state index in [1.165, 1.54) is 0 Å². The van der Waals surface area contributed by atoms with Gasteiger partial charge in [-0.1, -0.05) is 0 Å². The van der Waals surface area contributed by atoms with Gasteiger partial charge in [-0.3, -0.25) is 9.78 Å². The first-order chi connectivity index (χ1) is 15.5. The van der Waals surface area contributed by atoms with Crippen molar-refractivity contribution in [2.45, 2.75) is 36.7 Å². The fourth-order valence-corrected chi connectivity index (χ4v) is 4.24. The first-order valence-corrected chi connectivity index (χ1v) is 11.0. The van der Waals surface area contributed by atoms with E-state index in [1.54, 1.807) is 12.4 Å². The van der Waals surface area contributed by atoms with Crippen molar-refractivity contribution in [2.75, 3.05) is 0 Å². The van der Waals surface area contributed by atoms with Gasteiger partial charge in [0.1, 0.15) is 11.9 Å². The Labute approximate surface area is 190 Å². The molecule has 1 aliphatic carbocycles. The summed E-state index contributed by atoms with van der Waals surface area (Å²) in [6, 6.07) is 13.5. The van der Waals surface area contributed by atoms with Crippen LogP contribution in [0, 0.1) is 5.92 Å². The van der Waals surface area contributed by atoms with Crippen LogP contribution in [0.1, 0.15) is 25.7 Å². The third-order valence-electron chi connectivity index (χ3n) is 5.85. The minimum atomic E-state index is -0.712. The lowest BCUT2D eigenvalue weighted by Crippen LogP contribution is -2.28. The van der Waals surface area contributed by atoms with Gasteiger partial charge in [-0.05, 0) is 62.1 Å². The summed E-state index contributed by atoms with van der Waals surface area (Å²) in [4.78, 5) is 28.9. The molecule has 0 spiro atoms. The molecule has 0 bridgehead atoms. The zero-order valence-electron chi connectivity index (χ0n) is 17.2. The number of thiol groups is 1. The predicted octanol–water partition coefficient (Wildman–Crippen LogP) is 5.00. The molecule has 0 atom stereocenters. The summed E-state index contributed by atoms with van der Waals surface area (Å²) in [6.45, 7) is 0. The van der Waals surface area contributed by atoms with E-state index in [-0.39, 0.29) is 12.0 Å². The summed E-state index contributed by atoms with van der Waals surface area (Å²) >= 11 is 4.37. The highest BCUT2D eigenvalue weighted by Crippen LogP contribution is 2.28. The molecule has 3 heterocycles. The number of rotatable bonds is 5. The molecular weight excluding hydrogens is 424 g/mol. The average Bonchev–Trinajstić information content (AvgIpc) is 3.23. The molecule has 1 aliphatic rings. The van der Waals surface area contributed by atoms with Crippen LogP contribution in [0.25, 0.3) is 33.7 Å². The predicted molar refractivity (Wildman–Crippen MR) is 124 cm³/mol. The van der Waals surface area contributed by atoms with E-state index in [9.17, 15) is 4.79 Å². The van der Waals surface area contributed by atoms with Gasteiger partial charge in [-0.25, -0.2) is 9.97 Å². The Bertz CT molecular complexity index is 1250. The van der Waals surface area contributed by atoms with Crippen molar-refractivity contribution < 1.29 is 14.6 Å². The third-order valence-corrected chi connectivity index (χ3v) is 6.12. The number of imidazole rings is 1. The quantitative estimate of drug-likeness (QED) is 0.373. The number of carbonyl (C=O) groups is 1. The number of aromatic amines is 1. The van der Waals surface area contributed by atoms with E-state index >= 15 is 0 Å². The van der Waals surface area contributed by atoms with E-state index in [4.69, 9.17) is 9.84 Å². The molecule has 0 radical (unpaired) electrons. The van der Waals surface area contributed by atoms with Gasteiger partial charge in [0.2, 0.25) is 5.88 Å².